The lowest BCUT2D eigenvalue weighted by Crippen LogP contribution is -2.35. The van der Waals surface area contributed by atoms with Crippen molar-refractivity contribution in [2.45, 2.75) is 0 Å². The Morgan fingerprint density at radius 1 is 1.42 bits per heavy atom. The third kappa shape index (κ3) is 4.62. The molecule has 0 bridgehead atoms. The number of hydrogen-bond acceptors (Lipinski definition) is 3. The second-order valence-electron chi connectivity index (χ2n) is 3.56. The van der Waals surface area contributed by atoms with Crippen molar-refractivity contribution in [3.05, 3.63) is 34.3 Å². The monoisotopic (exact) mass is 279 g/mol. The number of nitrogens with one attached hydrogen (secondary N) is 2. The zero-order valence-corrected chi connectivity index (χ0v) is 11.2. The van der Waals surface area contributed by atoms with E-state index in [1.54, 1.807) is 12.1 Å². The Kier molecular flexibility index (Phi) is 5.86. The van der Waals surface area contributed by atoms with Crippen LogP contribution in [-0.2, 0) is 4.79 Å². The van der Waals surface area contributed by atoms with Crippen molar-refractivity contribution < 1.29 is 9.59 Å². The molecule has 0 unspecified atom stereocenters. The quantitative estimate of drug-likeness (QED) is 0.688. The third-order valence-corrected chi connectivity index (χ3v) is 2.56. The first-order chi connectivity index (χ1) is 9.08. The molecular formula is C13H14ClN3O2. The molecule has 1 aromatic carbocycles. The van der Waals surface area contributed by atoms with Crippen molar-refractivity contribution in [3.63, 3.8) is 0 Å². The van der Waals surface area contributed by atoms with Gasteiger partial charge in [-0.15, -0.1) is 0 Å². The van der Waals surface area contributed by atoms with Gasteiger partial charge in [0.15, 0.2) is 0 Å². The maximum Gasteiger partial charge on any atom is 0.251 e. The summed E-state index contributed by atoms with van der Waals surface area (Å²) < 4.78 is 0. The van der Waals surface area contributed by atoms with Crippen LogP contribution in [0.25, 0.3) is 0 Å². The summed E-state index contributed by atoms with van der Waals surface area (Å²) >= 11 is 6.00. The van der Waals surface area contributed by atoms with E-state index in [1.807, 2.05) is 0 Å². The Morgan fingerprint density at radius 2 is 2.16 bits per heavy atom. The van der Waals surface area contributed by atoms with Gasteiger partial charge in [-0.25, -0.2) is 0 Å². The first-order valence-corrected chi connectivity index (χ1v) is 5.93. The van der Waals surface area contributed by atoms with Crippen LogP contribution in [0.3, 0.4) is 0 Å². The fraction of sp³-hybridized carbons (Fsp3) is 0.231. The number of rotatable bonds is 3. The number of nitrogens with two attached hydrogens (primary N) is 1. The van der Waals surface area contributed by atoms with Gasteiger partial charge in [-0.1, -0.05) is 23.4 Å². The minimum atomic E-state index is -0.371. The molecule has 0 atom stereocenters. The lowest BCUT2D eigenvalue weighted by Gasteiger charge is -2.05. The van der Waals surface area contributed by atoms with Crippen molar-refractivity contribution in [1.82, 2.24) is 10.6 Å². The van der Waals surface area contributed by atoms with Crippen LogP contribution < -0.4 is 16.4 Å². The Balaban J connectivity index is 2.77. The molecule has 0 aliphatic heterocycles. The predicted octanol–water partition coefficient (Wildman–Crippen LogP) is 0.126. The van der Waals surface area contributed by atoms with Crippen LogP contribution >= 0.6 is 11.6 Å². The van der Waals surface area contributed by atoms with Gasteiger partial charge in [0.25, 0.3) is 5.91 Å². The van der Waals surface area contributed by atoms with Crippen molar-refractivity contribution in [1.29, 1.82) is 0 Å². The average Bonchev–Trinajstić information content (AvgIpc) is 2.42. The summed E-state index contributed by atoms with van der Waals surface area (Å²) in [4.78, 5) is 22.7. The Hall–Kier alpha value is -2.03. The van der Waals surface area contributed by atoms with Gasteiger partial charge in [-0.3, -0.25) is 9.59 Å². The van der Waals surface area contributed by atoms with Crippen LogP contribution in [0.15, 0.2) is 18.2 Å². The summed E-state index contributed by atoms with van der Waals surface area (Å²) in [5.41, 5.74) is 6.24. The molecule has 0 heterocycles. The number of carbonyl (C=O) groups is 2. The molecule has 0 aliphatic carbocycles. The summed E-state index contributed by atoms with van der Waals surface area (Å²) in [5.74, 6) is 4.83. The van der Waals surface area contributed by atoms with E-state index in [0.29, 0.717) is 16.1 Å². The van der Waals surface area contributed by atoms with E-state index in [0.717, 1.165) is 0 Å². The number of amides is 2. The predicted molar refractivity (Wildman–Crippen MR) is 73.8 cm³/mol. The summed E-state index contributed by atoms with van der Waals surface area (Å²) in [6, 6.07) is 4.73. The number of benzene rings is 1. The van der Waals surface area contributed by atoms with Gasteiger partial charge in [0, 0.05) is 18.2 Å². The number of likely N-dealkylation sites (N-methyl/N-ethyl adjacent to an activating group) is 1. The fourth-order valence-corrected chi connectivity index (χ4v) is 1.48. The van der Waals surface area contributed by atoms with Gasteiger partial charge in [-0.05, 0) is 18.2 Å². The van der Waals surface area contributed by atoms with E-state index in [2.05, 4.69) is 22.5 Å². The molecule has 0 saturated heterocycles. The molecule has 0 spiro atoms. The van der Waals surface area contributed by atoms with Crippen LogP contribution in [-0.4, -0.2) is 32.0 Å². The van der Waals surface area contributed by atoms with E-state index in [9.17, 15) is 9.59 Å². The molecule has 0 radical (unpaired) electrons. The van der Waals surface area contributed by atoms with Crippen LogP contribution in [0, 0.1) is 11.8 Å². The molecule has 0 fully saturated rings. The highest BCUT2D eigenvalue weighted by Crippen LogP contribution is 2.16. The SMILES string of the molecule is CNC(=O)CNC(=O)c1ccc(C#CCN)c(Cl)c1. The summed E-state index contributed by atoms with van der Waals surface area (Å²) in [7, 11) is 1.50. The van der Waals surface area contributed by atoms with E-state index < -0.39 is 0 Å². The molecule has 1 rings (SSSR count). The highest BCUT2D eigenvalue weighted by Gasteiger charge is 2.09. The molecule has 0 aliphatic rings. The van der Waals surface area contributed by atoms with Crippen LogP contribution in [0.4, 0.5) is 0 Å². The van der Waals surface area contributed by atoms with E-state index in [-0.39, 0.29) is 24.9 Å². The molecule has 19 heavy (non-hydrogen) atoms. The molecule has 100 valence electrons. The van der Waals surface area contributed by atoms with Gasteiger partial charge in [0.1, 0.15) is 0 Å². The molecule has 6 heteroatoms. The minimum Gasteiger partial charge on any atom is -0.358 e. The first-order valence-electron chi connectivity index (χ1n) is 5.55. The van der Waals surface area contributed by atoms with Crippen molar-refractivity contribution in [2.24, 2.45) is 5.73 Å². The number of carbonyl (C=O) groups excluding carboxylic acids is 2. The van der Waals surface area contributed by atoms with Gasteiger partial charge < -0.3 is 16.4 Å². The fourth-order valence-electron chi connectivity index (χ4n) is 1.25. The van der Waals surface area contributed by atoms with E-state index >= 15 is 0 Å². The molecule has 1 aromatic rings. The number of hydrogen-bond donors (Lipinski definition) is 3. The van der Waals surface area contributed by atoms with Crippen LogP contribution in [0.1, 0.15) is 15.9 Å². The highest BCUT2D eigenvalue weighted by atomic mass is 35.5. The molecule has 5 nitrogen and oxygen atoms in total. The first kappa shape index (κ1) is 15.0. The molecule has 4 N–H and O–H groups in total. The Labute approximate surface area is 116 Å². The molecule has 2 amide bonds. The topological polar surface area (TPSA) is 84.2 Å². The molecule has 0 aromatic heterocycles. The number of halogens is 1. The maximum absolute atomic E-state index is 11.7. The standard InChI is InChI=1S/C13H14ClN3O2/c1-16-12(18)8-17-13(19)10-5-4-9(3-2-6-15)11(14)7-10/h4-5,7H,6,8,15H2,1H3,(H,16,18)(H,17,19). The summed E-state index contributed by atoms with van der Waals surface area (Å²) in [5, 5.41) is 5.25. The molecule has 0 saturated carbocycles. The third-order valence-electron chi connectivity index (χ3n) is 2.24. The van der Waals surface area contributed by atoms with Crippen LogP contribution in [0.5, 0.6) is 0 Å². The Morgan fingerprint density at radius 3 is 2.74 bits per heavy atom. The average molecular weight is 280 g/mol. The van der Waals surface area contributed by atoms with Gasteiger partial charge in [-0.2, -0.15) is 0 Å². The van der Waals surface area contributed by atoms with E-state index in [4.69, 9.17) is 17.3 Å². The van der Waals surface area contributed by atoms with Gasteiger partial charge in [0.05, 0.1) is 18.1 Å². The Bertz CT molecular complexity index is 547. The van der Waals surface area contributed by atoms with Gasteiger partial charge >= 0.3 is 0 Å². The highest BCUT2D eigenvalue weighted by molar-refractivity contribution is 6.32. The maximum atomic E-state index is 11.7. The summed E-state index contributed by atoms with van der Waals surface area (Å²) in [6.07, 6.45) is 0. The van der Waals surface area contributed by atoms with Crippen molar-refractivity contribution >= 4 is 23.4 Å². The lowest BCUT2D eigenvalue weighted by atomic mass is 10.1. The zero-order chi connectivity index (χ0) is 14.3. The minimum absolute atomic E-state index is 0.0817. The second kappa shape index (κ2) is 7.41. The van der Waals surface area contributed by atoms with Crippen molar-refractivity contribution in [2.75, 3.05) is 20.1 Å². The lowest BCUT2D eigenvalue weighted by molar-refractivity contribution is -0.119. The smallest absolute Gasteiger partial charge is 0.251 e. The van der Waals surface area contributed by atoms with Crippen molar-refractivity contribution in [3.8, 4) is 11.8 Å². The zero-order valence-electron chi connectivity index (χ0n) is 10.4. The second-order valence-corrected chi connectivity index (χ2v) is 3.96. The molecular weight excluding hydrogens is 266 g/mol. The normalized spacial score (nSPS) is 9.21. The largest absolute Gasteiger partial charge is 0.358 e. The van der Waals surface area contributed by atoms with Crippen LogP contribution in [0.2, 0.25) is 5.02 Å². The summed E-state index contributed by atoms with van der Waals surface area (Å²) in [6.45, 7) is 0.159. The van der Waals surface area contributed by atoms with Gasteiger partial charge in [0.2, 0.25) is 5.91 Å². The van der Waals surface area contributed by atoms with E-state index in [1.165, 1.54) is 13.1 Å².